The third kappa shape index (κ3) is 8.52. The van der Waals surface area contributed by atoms with Gasteiger partial charge in [-0.15, -0.1) is 0 Å². The number of anilines is 1. The molecule has 5 nitrogen and oxygen atoms in total. The van der Waals surface area contributed by atoms with Gasteiger partial charge in [0.2, 0.25) is 0 Å². The Labute approximate surface area is 217 Å². The molecule has 1 aliphatic heterocycles. The molecule has 1 saturated heterocycles. The van der Waals surface area contributed by atoms with E-state index in [0.717, 1.165) is 48.9 Å². The Bertz CT molecular complexity index is 915. The highest BCUT2D eigenvalue weighted by molar-refractivity contribution is 6.30. The number of likely N-dealkylation sites (tertiary alicyclic amines) is 1. The fraction of sp³-hybridized carbons (Fsp3) is 0.552. The summed E-state index contributed by atoms with van der Waals surface area (Å²) in [4.78, 5) is 14.6. The van der Waals surface area contributed by atoms with E-state index in [4.69, 9.17) is 21.1 Å². The molecular weight excluding hydrogens is 460 g/mol. The lowest BCUT2D eigenvalue weighted by atomic mass is 9.83. The molecule has 35 heavy (non-hydrogen) atoms. The summed E-state index contributed by atoms with van der Waals surface area (Å²) in [6.07, 6.45) is 5.68. The molecule has 1 aliphatic carbocycles. The van der Waals surface area contributed by atoms with E-state index in [-0.39, 0.29) is 6.04 Å². The Hall–Kier alpha value is -2.08. The number of aldehydes is 1. The van der Waals surface area contributed by atoms with Gasteiger partial charge in [-0.3, -0.25) is 4.90 Å². The highest BCUT2D eigenvalue weighted by Crippen LogP contribution is 2.35. The molecule has 1 fully saturated rings. The third-order valence-corrected chi connectivity index (χ3v) is 6.67. The molecule has 1 heterocycles. The van der Waals surface area contributed by atoms with Crippen LogP contribution < -0.4 is 9.64 Å². The summed E-state index contributed by atoms with van der Waals surface area (Å²) >= 11 is 6.13. The fourth-order valence-corrected chi connectivity index (χ4v) is 4.61. The van der Waals surface area contributed by atoms with Crippen molar-refractivity contribution < 1.29 is 14.3 Å². The van der Waals surface area contributed by atoms with Crippen molar-refractivity contribution in [3.05, 3.63) is 58.1 Å². The Kier molecular flexibility index (Phi) is 12.6. The molecular formula is C29H43ClN2O3. The average molecular weight is 503 g/mol. The number of rotatable bonds is 8. The van der Waals surface area contributed by atoms with Gasteiger partial charge >= 0.3 is 0 Å². The van der Waals surface area contributed by atoms with Crippen molar-refractivity contribution >= 4 is 23.6 Å². The molecule has 0 aromatic heterocycles. The van der Waals surface area contributed by atoms with Crippen molar-refractivity contribution in [3.8, 4) is 5.75 Å². The quantitative estimate of drug-likeness (QED) is 0.405. The lowest BCUT2D eigenvalue weighted by Gasteiger charge is -2.34. The van der Waals surface area contributed by atoms with Gasteiger partial charge < -0.3 is 19.2 Å². The van der Waals surface area contributed by atoms with E-state index in [1.54, 1.807) is 7.11 Å². The second kappa shape index (κ2) is 15.1. The van der Waals surface area contributed by atoms with Crippen LogP contribution in [0.2, 0.25) is 5.02 Å². The Morgan fingerprint density at radius 3 is 2.49 bits per heavy atom. The van der Waals surface area contributed by atoms with Gasteiger partial charge in [0, 0.05) is 45.2 Å². The summed E-state index contributed by atoms with van der Waals surface area (Å²) in [7, 11) is 5.73. The fourth-order valence-electron chi connectivity index (χ4n) is 4.42. The number of nitrogens with zero attached hydrogens (tertiary/aromatic N) is 2. The molecule has 6 heteroatoms. The van der Waals surface area contributed by atoms with Crippen molar-refractivity contribution in [3.63, 3.8) is 0 Å². The van der Waals surface area contributed by atoms with E-state index in [0.29, 0.717) is 12.5 Å². The second-order valence-corrected chi connectivity index (χ2v) is 9.59. The van der Waals surface area contributed by atoms with Crippen LogP contribution in [-0.4, -0.2) is 64.7 Å². The zero-order chi connectivity index (χ0) is 25.8. The molecule has 194 valence electrons. The van der Waals surface area contributed by atoms with Crippen LogP contribution in [0.15, 0.2) is 36.4 Å². The first-order chi connectivity index (χ1) is 16.9. The van der Waals surface area contributed by atoms with Gasteiger partial charge in [-0.2, -0.15) is 0 Å². The zero-order valence-corrected chi connectivity index (χ0v) is 23.1. The number of ether oxygens (including phenoxy) is 2. The minimum atomic E-state index is -0.00116. The van der Waals surface area contributed by atoms with Crippen LogP contribution in [-0.2, 0) is 16.0 Å². The summed E-state index contributed by atoms with van der Waals surface area (Å²) < 4.78 is 11.1. The lowest BCUT2D eigenvalue weighted by Crippen LogP contribution is -2.48. The molecule has 0 bridgehead atoms. The Balaban J connectivity index is 0.000000302. The molecule has 0 amide bonds. The van der Waals surface area contributed by atoms with E-state index in [2.05, 4.69) is 61.2 Å². The van der Waals surface area contributed by atoms with Gasteiger partial charge in [0.15, 0.2) is 0 Å². The molecule has 4 rings (SSSR count). The predicted octanol–water partition coefficient (Wildman–Crippen LogP) is 6.15. The smallest absolute Gasteiger partial charge is 0.142 e. The van der Waals surface area contributed by atoms with Crippen LogP contribution in [0.3, 0.4) is 0 Å². The van der Waals surface area contributed by atoms with Crippen molar-refractivity contribution in [1.82, 2.24) is 4.90 Å². The zero-order valence-electron chi connectivity index (χ0n) is 22.4. The third-order valence-electron chi connectivity index (χ3n) is 6.43. The Morgan fingerprint density at radius 2 is 1.89 bits per heavy atom. The summed E-state index contributed by atoms with van der Waals surface area (Å²) in [5.74, 6) is 1.41. The van der Waals surface area contributed by atoms with Crippen molar-refractivity contribution in [2.24, 2.45) is 0 Å². The van der Waals surface area contributed by atoms with E-state index in [9.17, 15) is 4.79 Å². The SMILES string of the molecule is CC.COCC(C=O)N1CCC1.Cc1ccc(OCC2CCCc3cc(Cl)ccc32)c(N(C)C)c1. The van der Waals surface area contributed by atoms with Gasteiger partial charge in [0.1, 0.15) is 12.0 Å². The number of carbonyl (C=O) groups is 1. The molecule has 2 aromatic rings. The topological polar surface area (TPSA) is 42.0 Å². The number of methoxy groups -OCH3 is 1. The summed E-state index contributed by atoms with van der Waals surface area (Å²) in [5.41, 5.74) is 5.17. The van der Waals surface area contributed by atoms with Crippen molar-refractivity contribution in [2.45, 2.75) is 58.4 Å². The van der Waals surface area contributed by atoms with E-state index < -0.39 is 0 Å². The number of aryl methyl sites for hydroxylation is 2. The predicted molar refractivity (Wildman–Crippen MR) is 147 cm³/mol. The van der Waals surface area contributed by atoms with Gasteiger partial charge in [-0.1, -0.05) is 37.6 Å². The van der Waals surface area contributed by atoms with Gasteiger partial charge in [-0.25, -0.2) is 0 Å². The van der Waals surface area contributed by atoms with E-state index >= 15 is 0 Å². The number of hydrogen-bond acceptors (Lipinski definition) is 5. The van der Waals surface area contributed by atoms with Crippen LogP contribution in [0.25, 0.3) is 0 Å². The average Bonchev–Trinajstić information content (AvgIpc) is 2.83. The number of benzene rings is 2. The monoisotopic (exact) mass is 502 g/mol. The highest BCUT2D eigenvalue weighted by atomic mass is 35.5. The highest BCUT2D eigenvalue weighted by Gasteiger charge is 2.23. The molecule has 0 saturated carbocycles. The summed E-state index contributed by atoms with van der Waals surface area (Å²) in [5, 5.41) is 0.832. The van der Waals surface area contributed by atoms with Crippen molar-refractivity contribution in [1.29, 1.82) is 0 Å². The number of fused-ring (bicyclic) bond motifs is 1. The van der Waals surface area contributed by atoms with Gasteiger partial charge in [0.25, 0.3) is 0 Å². The molecule has 2 unspecified atom stereocenters. The van der Waals surface area contributed by atoms with E-state index in [1.807, 2.05) is 19.9 Å². The molecule has 2 atom stereocenters. The van der Waals surface area contributed by atoms with Crippen molar-refractivity contribution in [2.75, 3.05) is 52.4 Å². The van der Waals surface area contributed by atoms with Crippen LogP contribution in [0, 0.1) is 6.92 Å². The standard InChI is InChI=1S/C20H24ClNO.C7H13NO2.C2H6/c1-14-7-10-20(19(11-14)22(2)3)23-13-16-6-4-5-15-12-17(21)8-9-18(15)16;1-10-6-7(5-9)8-3-2-4-8;1-2/h7-12,16H,4-6,13H2,1-3H3;5,7H,2-4,6H2,1H3;1-2H3. The molecule has 2 aliphatic rings. The summed E-state index contributed by atoms with van der Waals surface area (Å²) in [6.45, 7) is 9.46. The summed E-state index contributed by atoms with van der Waals surface area (Å²) in [6, 6.07) is 12.6. The van der Waals surface area contributed by atoms with Crippen LogP contribution >= 0.6 is 11.6 Å². The van der Waals surface area contributed by atoms with Crippen LogP contribution in [0.1, 0.15) is 55.7 Å². The maximum atomic E-state index is 10.4. The molecule has 0 N–H and O–H groups in total. The maximum Gasteiger partial charge on any atom is 0.142 e. The second-order valence-electron chi connectivity index (χ2n) is 9.16. The number of halogens is 1. The van der Waals surface area contributed by atoms with Crippen LogP contribution in [0.4, 0.5) is 5.69 Å². The molecule has 2 aromatic carbocycles. The lowest BCUT2D eigenvalue weighted by molar-refractivity contribution is -0.115. The maximum absolute atomic E-state index is 10.4. The van der Waals surface area contributed by atoms with Crippen LogP contribution in [0.5, 0.6) is 5.75 Å². The first-order valence-corrected chi connectivity index (χ1v) is 13.2. The van der Waals surface area contributed by atoms with E-state index in [1.165, 1.54) is 36.0 Å². The van der Waals surface area contributed by atoms with Gasteiger partial charge in [-0.05, 0) is 73.6 Å². The van der Waals surface area contributed by atoms with Gasteiger partial charge in [0.05, 0.1) is 24.9 Å². The number of hydrogen-bond donors (Lipinski definition) is 0. The largest absolute Gasteiger partial charge is 0.491 e. The normalized spacial score (nSPS) is 17.4. The first-order valence-electron chi connectivity index (χ1n) is 12.8. The number of carbonyl (C=O) groups excluding carboxylic acids is 1. The minimum absolute atomic E-state index is 0.00116. The molecule has 0 radical (unpaired) electrons. The first kappa shape index (κ1) is 29.2. The Morgan fingerprint density at radius 1 is 1.14 bits per heavy atom. The molecule has 0 spiro atoms. The minimum Gasteiger partial charge on any atom is -0.491 e.